The monoisotopic (exact) mass is 626 g/mol. The summed E-state index contributed by atoms with van der Waals surface area (Å²) in [7, 11) is 8.27. The number of hydrogen-bond donors (Lipinski definition) is 1. The van der Waals surface area contributed by atoms with Crippen molar-refractivity contribution in [3.63, 3.8) is 0 Å². The van der Waals surface area contributed by atoms with Gasteiger partial charge in [-0.2, -0.15) is 0 Å². The number of rotatable bonds is 9. The molecule has 4 nitrogen and oxygen atoms in total. The number of halogens is 1. The second kappa shape index (κ2) is 21.0. The second-order valence-electron chi connectivity index (χ2n) is 11.9. The van der Waals surface area contributed by atoms with Crippen molar-refractivity contribution < 1.29 is 12.8 Å². The van der Waals surface area contributed by atoms with Gasteiger partial charge in [-0.1, -0.05) is 95.9 Å². The van der Waals surface area contributed by atoms with Crippen molar-refractivity contribution in [2.75, 3.05) is 46.6 Å². The zero-order chi connectivity index (χ0) is 28.5. The summed E-state index contributed by atoms with van der Waals surface area (Å²) in [6.07, 6.45) is 11.9. The predicted molar refractivity (Wildman–Crippen MR) is 178 cm³/mol. The van der Waals surface area contributed by atoms with E-state index in [0.29, 0.717) is 17.6 Å². The molecule has 0 aliphatic heterocycles. The molecule has 0 saturated heterocycles. The summed E-state index contributed by atoms with van der Waals surface area (Å²) in [4.78, 5) is 15.6. The number of carbonyl (C=O) groups excluding carboxylic acids is 1. The van der Waals surface area contributed by atoms with Gasteiger partial charge in [0.25, 0.3) is 0 Å². The zero-order valence-corrected chi connectivity index (χ0v) is 28.7. The van der Waals surface area contributed by atoms with Gasteiger partial charge in [-0.3, -0.25) is 4.79 Å². The normalized spacial score (nSPS) is 22.4. The molecule has 0 aromatic heterocycles. The molecule has 2 fully saturated rings. The topological polar surface area (TPSA) is 43.8 Å². The van der Waals surface area contributed by atoms with E-state index in [1.807, 2.05) is 26.2 Å². The Morgan fingerprint density at radius 3 is 1.90 bits per heavy atom. The van der Waals surface area contributed by atoms with Crippen molar-refractivity contribution >= 4 is 44.8 Å². The Hall–Kier alpha value is -0.764. The number of alkyl halides is 1. The molecule has 0 radical (unpaired) electrons. The molecule has 2 aliphatic carbocycles. The van der Waals surface area contributed by atoms with Crippen LogP contribution in [0, 0.1) is 11.8 Å². The quantitative estimate of drug-likeness (QED) is 0.243. The van der Waals surface area contributed by atoms with Crippen LogP contribution in [-0.2, 0) is 17.6 Å². The molecule has 0 spiro atoms. The molecular weight excluding hydrogens is 573 g/mol. The molecule has 2 aromatic rings. The molecule has 222 valence electrons. The Labute approximate surface area is 272 Å². The molecule has 2 aliphatic rings. The number of Topliss-reactive ketones (excluding diaryl/α,β-unsaturated/α-hetero) is 1. The SMILES string of the molecule is BrCCc1ccccc1.CN(C)CC1CCCCC1=O.CN(C)C[C@H]1CCCC[C@]1(O)CCc1ccccc1.[H-].[H-].[Mg+2]. The Morgan fingerprint density at radius 1 is 0.825 bits per heavy atom. The van der Waals surface area contributed by atoms with Gasteiger partial charge in [0.1, 0.15) is 5.78 Å². The van der Waals surface area contributed by atoms with Crippen LogP contribution < -0.4 is 0 Å². The number of ketones is 1. The van der Waals surface area contributed by atoms with Crippen LogP contribution in [0.5, 0.6) is 0 Å². The number of aryl methyl sites for hydroxylation is 2. The zero-order valence-electron chi connectivity index (χ0n) is 27.7. The number of aliphatic hydroxyl groups is 1. The van der Waals surface area contributed by atoms with Gasteiger partial charge in [0.05, 0.1) is 5.60 Å². The van der Waals surface area contributed by atoms with E-state index in [0.717, 1.165) is 63.4 Å². The average molecular weight is 628 g/mol. The van der Waals surface area contributed by atoms with Crippen LogP contribution >= 0.6 is 15.9 Å². The van der Waals surface area contributed by atoms with Gasteiger partial charge in [0.2, 0.25) is 0 Å². The minimum atomic E-state index is -0.460. The van der Waals surface area contributed by atoms with Gasteiger partial charge in [-0.15, -0.1) is 0 Å². The molecule has 4 rings (SSSR count). The van der Waals surface area contributed by atoms with Crippen molar-refractivity contribution in [1.29, 1.82) is 0 Å². The van der Waals surface area contributed by atoms with E-state index in [2.05, 4.69) is 88.4 Å². The molecule has 1 N–H and O–H groups in total. The van der Waals surface area contributed by atoms with Gasteiger partial charge < -0.3 is 17.8 Å². The van der Waals surface area contributed by atoms with Crippen LogP contribution in [0.1, 0.15) is 71.8 Å². The maximum absolute atomic E-state index is 11.3. The maximum Gasteiger partial charge on any atom is 2.00 e. The fraction of sp³-hybridized carbons (Fsp3) is 0.618. The molecule has 1 unspecified atom stereocenters. The van der Waals surface area contributed by atoms with Crippen LogP contribution in [-0.4, -0.2) is 96.0 Å². The van der Waals surface area contributed by atoms with Gasteiger partial charge in [-0.25, -0.2) is 0 Å². The van der Waals surface area contributed by atoms with E-state index in [9.17, 15) is 9.90 Å². The standard InChI is InChI=1S/C17H27NO.C9H17NO.C8H9Br.Mg.2H/c1-18(2)14-16-10-6-7-12-17(16,19)13-11-15-8-4-3-5-9-15;1-10(2)7-8-5-3-4-6-9(8)11;9-7-6-8-4-2-1-3-5-8;;;/h3-5,8-9,16,19H,6-7,10-14H2,1-2H3;8H,3-7H2,1-2H3;1-5H,6-7H2;;;/q;;;+2;2*-1/t16-,17+;;;;;/m1...../s1. The number of nitrogens with zero attached hydrogens (tertiary/aromatic N) is 2. The summed E-state index contributed by atoms with van der Waals surface area (Å²) in [5.74, 6) is 1.24. The van der Waals surface area contributed by atoms with Crippen LogP contribution in [0.15, 0.2) is 60.7 Å². The van der Waals surface area contributed by atoms with E-state index in [-0.39, 0.29) is 25.9 Å². The third-order valence-electron chi connectivity index (χ3n) is 7.94. The molecule has 6 heteroatoms. The number of benzene rings is 2. The summed E-state index contributed by atoms with van der Waals surface area (Å²) in [5, 5.41) is 12.1. The fourth-order valence-corrected chi connectivity index (χ4v) is 6.23. The first-order valence-electron chi connectivity index (χ1n) is 14.9. The van der Waals surface area contributed by atoms with Crippen LogP contribution in [0.25, 0.3) is 0 Å². The number of hydrogen-bond acceptors (Lipinski definition) is 4. The smallest absolute Gasteiger partial charge is 1.00 e. The molecule has 2 saturated carbocycles. The molecule has 0 heterocycles. The first-order chi connectivity index (χ1) is 18.7. The van der Waals surface area contributed by atoms with Gasteiger partial charge in [-0.05, 0) is 84.3 Å². The van der Waals surface area contributed by atoms with Crippen molar-refractivity contribution in [3.05, 3.63) is 71.8 Å². The average Bonchev–Trinajstić information content (AvgIpc) is 2.92. The maximum atomic E-state index is 11.3. The van der Waals surface area contributed by atoms with E-state index in [4.69, 9.17) is 0 Å². The minimum absolute atomic E-state index is 0. The third-order valence-corrected chi connectivity index (χ3v) is 8.34. The summed E-state index contributed by atoms with van der Waals surface area (Å²) in [6.45, 7) is 1.95. The van der Waals surface area contributed by atoms with Gasteiger partial charge in [0.15, 0.2) is 0 Å². The third kappa shape index (κ3) is 14.9. The Balaban J connectivity index is 0. The van der Waals surface area contributed by atoms with Crippen molar-refractivity contribution in [3.8, 4) is 0 Å². The van der Waals surface area contributed by atoms with Crippen LogP contribution in [0.4, 0.5) is 0 Å². The minimum Gasteiger partial charge on any atom is -1.00 e. The Bertz CT molecular complexity index is 924. The van der Waals surface area contributed by atoms with Crippen LogP contribution in [0.2, 0.25) is 0 Å². The van der Waals surface area contributed by atoms with Crippen molar-refractivity contribution in [2.24, 2.45) is 11.8 Å². The largest absolute Gasteiger partial charge is 2.00 e. The fourth-order valence-electron chi connectivity index (χ4n) is 5.77. The summed E-state index contributed by atoms with van der Waals surface area (Å²) in [6, 6.07) is 21.0. The first-order valence-corrected chi connectivity index (χ1v) is 16.0. The predicted octanol–water partition coefficient (Wildman–Crippen LogP) is 6.88. The van der Waals surface area contributed by atoms with E-state index < -0.39 is 5.60 Å². The molecule has 2 aromatic carbocycles. The van der Waals surface area contributed by atoms with Crippen molar-refractivity contribution in [2.45, 2.75) is 76.2 Å². The molecule has 0 bridgehead atoms. The van der Waals surface area contributed by atoms with Crippen molar-refractivity contribution in [1.82, 2.24) is 9.80 Å². The van der Waals surface area contributed by atoms with Gasteiger partial charge >= 0.3 is 23.1 Å². The molecule has 40 heavy (non-hydrogen) atoms. The summed E-state index contributed by atoms with van der Waals surface area (Å²) >= 11 is 3.39. The van der Waals surface area contributed by atoms with E-state index in [1.165, 1.54) is 36.8 Å². The molecule has 0 amide bonds. The second-order valence-corrected chi connectivity index (χ2v) is 12.7. The summed E-state index contributed by atoms with van der Waals surface area (Å²) in [5.41, 5.74) is 2.28. The Kier molecular flexibility index (Phi) is 19.6. The molecule has 3 atom stereocenters. The summed E-state index contributed by atoms with van der Waals surface area (Å²) < 4.78 is 0. The van der Waals surface area contributed by atoms with Gasteiger partial charge in [0, 0.05) is 36.7 Å². The van der Waals surface area contributed by atoms with E-state index >= 15 is 0 Å². The number of carbonyl (C=O) groups is 1. The Morgan fingerprint density at radius 2 is 1.38 bits per heavy atom. The molecular formula is C34H55BrMgN2O2. The van der Waals surface area contributed by atoms with E-state index in [1.54, 1.807) is 0 Å². The van der Waals surface area contributed by atoms with Crippen LogP contribution in [0.3, 0.4) is 0 Å². The first kappa shape index (κ1) is 37.3.